The van der Waals surface area contributed by atoms with E-state index in [2.05, 4.69) is 6.92 Å². The van der Waals surface area contributed by atoms with Gasteiger partial charge in [0.1, 0.15) is 0 Å². The number of likely N-dealkylation sites (tertiary alicyclic amines) is 1. The van der Waals surface area contributed by atoms with Crippen LogP contribution in [0.15, 0.2) is 0 Å². The molecule has 1 heterocycles. The Hall–Kier alpha value is -1.06. The van der Waals surface area contributed by atoms with E-state index in [1.807, 2.05) is 4.90 Å². The van der Waals surface area contributed by atoms with Crippen LogP contribution in [0.4, 0.5) is 0 Å². The molecule has 1 aliphatic heterocycles. The molecule has 0 spiro atoms. The highest BCUT2D eigenvalue weighted by Gasteiger charge is 2.37. The zero-order chi connectivity index (χ0) is 11.7. The van der Waals surface area contributed by atoms with E-state index in [1.165, 1.54) is 0 Å². The number of carbonyl (C=O) groups is 2. The molecular formula is C12H19NO3. The zero-order valence-electron chi connectivity index (χ0n) is 9.69. The van der Waals surface area contributed by atoms with Crippen molar-refractivity contribution >= 4 is 11.9 Å². The van der Waals surface area contributed by atoms with Crippen molar-refractivity contribution in [2.75, 3.05) is 6.54 Å². The molecule has 0 aromatic heterocycles. The van der Waals surface area contributed by atoms with Crippen molar-refractivity contribution in [3.63, 3.8) is 0 Å². The van der Waals surface area contributed by atoms with Crippen molar-refractivity contribution in [3.05, 3.63) is 0 Å². The maximum Gasteiger partial charge on any atom is 0.306 e. The molecule has 3 atom stereocenters. The summed E-state index contributed by atoms with van der Waals surface area (Å²) in [5.74, 6) is -0.896. The Morgan fingerprint density at radius 1 is 1.19 bits per heavy atom. The lowest BCUT2D eigenvalue weighted by molar-refractivity contribution is -0.141. The average Bonchev–Trinajstić information content (AvgIpc) is 2.84. The van der Waals surface area contributed by atoms with Gasteiger partial charge in [-0.25, -0.2) is 0 Å². The van der Waals surface area contributed by atoms with E-state index in [0.29, 0.717) is 18.9 Å². The monoisotopic (exact) mass is 225 g/mol. The molecule has 1 amide bonds. The van der Waals surface area contributed by atoms with E-state index in [9.17, 15) is 9.59 Å². The summed E-state index contributed by atoms with van der Waals surface area (Å²) in [6.45, 7) is 2.93. The summed E-state index contributed by atoms with van der Waals surface area (Å²) in [6, 6.07) is 0.344. The lowest BCUT2D eigenvalue weighted by Gasteiger charge is -2.24. The molecule has 0 aromatic carbocycles. The molecular weight excluding hydrogens is 206 g/mol. The van der Waals surface area contributed by atoms with Crippen LogP contribution in [0, 0.1) is 11.8 Å². The fourth-order valence-electron chi connectivity index (χ4n) is 2.93. The van der Waals surface area contributed by atoms with Crippen LogP contribution in [0.5, 0.6) is 0 Å². The highest BCUT2D eigenvalue weighted by atomic mass is 16.4. The van der Waals surface area contributed by atoms with Gasteiger partial charge in [0.25, 0.3) is 0 Å². The first-order valence-corrected chi connectivity index (χ1v) is 6.13. The Morgan fingerprint density at radius 3 is 2.38 bits per heavy atom. The van der Waals surface area contributed by atoms with Crippen molar-refractivity contribution in [1.29, 1.82) is 0 Å². The van der Waals surface area contributed by atoms with Crippen molar-refractivity contribution in [3.8, 4) is 0 Å². The Balaban J connectivity index is 1.94. The van der Waals surface area contributed by atoms with Crippen LogP contribution < -0.4 is 0 Å². The highest BCUT2D eigenvalue weighted by molar-refractivity contribution is 5.81. The molecule has 16 heavy (non-hydrogen) atoms. The molecule has 1 N–H and O–H groups in total. The molecule has 2 fully saturated rings. The van der Waals surface area contributed by atoms with Crippen LogP contribution >= 0.6 is 0 Å². The van der Waals surface area contributed by atoms with E-state index >= 15 is 0 Å². The van der Waals surface area contributed by atoms with Gasteiger partial charge in [-0.3, -0.25) is 9.59 Å². The highest BCUT2D eigenvalue weighted by Crippen LogP contribution is 2.33. The van der Waals surface area contributed by atoms with Crippen molar-refractivity contribution in [1.82, 2.24) is 4.90 Å². The smallest absolute Gasteiger partial charge is 0.306 e. The molecule has 0 radical (unpaired) electrons. The largest absolute Gasteiger partial charge is 0.481 e. The number of amides is 1. The molecule has 0 aromatic rings. The first-order valence-electron chi connectivity index (χ1n) is 6.13. The first-order chi connectivity index (χ1) is 7.59. The van der Waals surface area contributed by atoms with E-state index in [0.717, 1.165) is 25.8 Å². The molecule has 2 aliphatic rings. The third kappa shape index (κ3) is 2.06. The number of hydrogen-bond acceptors (Lipinski definition) is 2. The molecule has 4 nitrogen and oxygen atoms in total. The van der Waals surface area contributed by atoms with Gasteiger partial charge in [0.05, 0.1) is 5.92 Å². The quantitative estimate of drug-likeness (QED) is 0.774. The van der Waals surface area contributed by atoms with Gasteiger partial charge in [-0.15, -0.1) is 0 Å². The van der Waals surface area contributed by atoms with Gasteiger partial charge in [-0.2, -0.15) is 0 Å². The van der Waals surface area contributed by atoms with Gasteiger partial charge in [-0.1, -0.05) is 0 Å². The summed E-state index contributed by atoms with van der Waals surface area (Å²) >= 11 is 0. The van der Waals surface area contributed by atoms with Crippen LogP contribution in [0.3, 0.4) is 0 Å². The number of nitrogens with zero attached hydrogens (tertiary/aromatic N) is 1. The van der Waals surface area contributed by atoms with Crippen LogP contribution in [0.25, 0.3) is 0 Å². The standard InChI is InChI=1S/C12H19NO3/c1-8-3-2-6-13(8)11(14)9-4-5-10(7-9)12(15)16/h8-10H,2-7H2,1H3,(H,15,16)/t8?,9-,10+/m1/s1. The van der Waals surface area contributed by atoms with Crippen LogP contribution in [-0.2, 0) is 9.59 Å². The summed E-state index contributed by atoms with van der Waals surface area (Å²) in [7, 11) is 0. The predicted octanol–water partition coefficient (Wildman–Crippen LogP) is 1.50. The van der Waals surface area contributed by atoms with E-state index in [4.69, 9.17) is 5.11 Å². The van der Waals surface area contributed by atoms with Gasteiger partial charge in [0.15, 0.2) is 0 Å². The van der Waals surface area contributed by atoms with Gasteiger partial charge < -0.3 is 10.0 Å². The van der Waals surface area contributed by atoms with Crippen molar-refractivity contribution in [2.45, 2.75) is 45.1 Å². The number of aliphatic carboxylic acids is 1. The summed E-state index contributed by atoms with van der Waals surface area (Å²) in [6.07, 6.45) is 4.12. The van der Waals surface area contributed by atoms with Crippen molar-refractivity contribution in [2.24, 2.45) is 11.8 Å². The second-order valence-electron chi connectivity index (χ2n) is 5.07. The number of carbonyl (C=O) groups excluding carboxylic acids is 1. The van der Waals surface area contributed by atoms with Crippen LogP contribution in [0.1, 0.15) is 39.0 Å². The minimum Gasteiger partial charge on any atom is -0.481 e. The van der Waals surface area contributed by atoms with Gasteiger partial charge in [0, 0.05) is 18.5 Å². The average molecular weight is 225 g/mol. The summed E-state index contributed by atoms with van der Waals surface area (Å²) < 4.78 is 0. The maximum atomic E-state index is 12.2. The van der Waals surface area contributed by atoms with Crippen molar-refractivity contribution < 1.29 is 14.7 Å². The molecule has 1 saturated carbocycles. The number of carboxylic acid groups (broad SMARTS) is 1. The molecule has 1 saturated heterocycles. The molecule has 90 valence electrons. The molecule has 1 unspecified atom stereocenters. The lowest BCUT2D eigenvalue weighted by Crippen LogP contribution is -2.37. The normalized spacial score (nSPS) is 34.3. The Bertz CT molecular complexity index is 303. The van der Waals surface area contributed by atoms with Crippen LogP contribution in [-0.4, -0.2) is 34.5 Å². The zero-order valence-corrected chi connectivity index (χ0v) is 9.69. The molecule has 1 aliphatic carbocycles. The second-order valence-corrected chi connectivity index (χ2v) is 5.07. The number of carboxylic acids is 1. The Labute approximate surface area is 95.6 Å². The third-order valence-electron chi connectivity index (χ3n) is 3.97. The third-order valence-corrected chi connectivity index (χ3v) is 3.97. The molecule has 4 heteroatoms. The van der Waals surface area contributed by atoms with E-state index < -0.39 is 5.97 Å². The second kappa shape index (κ2) is 4.44. The number of hydrogen-bond donors (Lipinski definition) is 1. The minimum atomic E-state index is -0.746. The van der Waals surface area contributed by atoms with Crippen LogP contribution in [0.2, 0.25) is 0 Å². The minimum absolute atomic E-state index is 0.0401. The first kappa shape index (κ1) is 11.4. The fourth-order valence-corrected chi connectivity index (χ4v) is 2.93. The topological polar surface area (TPSA) is 57.6 Å². The summed E-state index contributed by atoms with van der Waals surface area (Å²) in [5, 5.41) is 8.91. The van der Waals surface area contributed by atoms with Gasteiger partial charge in [0.2, 0.25) is 5.91 Å². The molecule has 0 bridgehead atoms. The summed E-state index contributed by atoms with van der Waals surface area (Å²) in [5.41, 5.74) is 0. The van der Waals surface area contributed by atoms with E-state index in [1.54, 1.807) is 0 Å². The Kier molecular flexibility index (Phi) is 3.17. The predicted molar refractivity (Wildman–Crippen MR) is 58.9 cm³/mol. The van der Waals surface area contributed by atoms with Gasteiger partial charge >= 0.3 is 5.97 Å². The van der Waals surface area contributed by atoms with E-state index in [-0.39, 0.29) is 17.7 Å². The Morgan fingerprint density at radius 2 is 1.88 bits per heavy atom. The maximum absolute atomic E-state index is 12.2. The summed E-state index contributed by atoms with van der Waals surface area (Å²) in [4.78, 5) is 24.9. The fraction of sp³-hybridized carbons (Fsp3) is 0.833. The van der Waals surface area contributed by atoms with Gasteiger partial charge in [-0.05, 0) is 39.0 Å². The lowest BCUT2D eigenvalue weighted by atomic mass is 10.0. The SMILES string of the molecule is CC1CCCN1C(=O)[C@@H]1CC[C@H](C(=O)O)C1. The molecule has 2 rings (SSSR count). The number of rotatable bonds is 2.